The number of rotatable bonds is 9. The lowest BCUT2D eigenvalue weighted by Crippen LogP contribution is -2.48. The van der Waals surface area contributed by atoms with Crippen LogP contribution in [-0.4, -0.2) is 66.9 Å². The summed E-state index contributed by atoms with van der Waals surface area (Å²) in [5, 5.41) is 10.5. The van der Waals surface area contributed by atoms with Crippen LogP contribution in [-0.2, 0) is 49.6 Å². The molecule has 4 aliphatic rings. The van der Waals surface area contributed by atoms with E-state index in [9.17, 15) is 14.7 Å². The van der Waals surface area contributed by atoms with E-state index in [1.807, 2.05) is 78.9 Å². The third kappa shape index (κ3) is 5.83. The Balaban J connectivity index is 1.17. The standard InChI is InChI=1S/C44H47N3O7/c1-28-40(43(2,3)32-16-18-35(52-4)19-17-32)38(24-39(49)46-26-31-12-6-5-11-30(31)23-34(46)27-48)54-44(28)36-14-7-8-15-37(36)47(41(44)50)25-29-10-9-13-33(22-29)45-20-21-53-42(45)51/h5-19,22,28,34,38,40,48H,20-21,23-27H2,1-4H3/t28-,34+,38+,40-,44+/m1/s1. The van der Waals surface area contributed by atoms with E-state index in [1.54, 1.807) is 21.8 Å². The Kier molecular flexibility index (Phi) is 9.22. The maximum Gasteiger partial charge on any atom is 0.414 e. The zero-order valence-corrected chi connectivity index (χ0v) is 31.2. The molecule has 4 aromatic rings. The summed E-state index contributed by atoms with van der Waals surface area (Å²) in [5.41, 5.74) is 4.51. The monoisotopic (exact) mass is 729 g/mol. The number of nitrogens with zero attached hydrogens (tertiary/aromatic N) is 3. The molecule has 54 heavy (non-hydrogen) atoms. The SMILES string of the molecule is COc1ccc(C(C)(C)[C@H]2[C@H](CC(=O)N3Cc4ccccc4C[C@H]3CO)O[C@@]3(C(=O)N(Cc4cccc(N5CCOC5=O)c4)c4ccccc43)[C@@H]2C)cc1. The molecule has 3 amide bonds. The molecule has 1 spiro atoms. The Bertz CT molecular complexity index is 2080. The Hall–Kier alpha value is -5.19. The van der Waals surface area contributed by atoms with E-state index in [1.165, 1.54) is 0 Å². The average Bonchev–Trinajstić information content (AvgIpc) is 3.83. The summed E-state index contributed by atoms with van der Waals surface area (Å²) in [6.45, 7) is 7.76. The summed E-state index contributed by atoms with van der Waals surface area (Å²) in [7, 11) is 1.64. The van der Waals surface area contributed by atoms with Gasteiger partial charge in [0.05, 0.1) is 51.1 Å². The van der Waals surface area contributed by atoms with Gasteiger partial charge in [0.2, 0.25) is 5.91 Å². The first-order valence-corrected chi connectivity index (χ1v) is 18.8. The lowest BCUT2D eigenvalue weighted by molar-refractivity contribution is -0.151. The molecule has 10 nitrogen and oxygen atoms in total. The van der Waals surface area contributed by atoms with Crippen molar-refractivity contribution in [1.82, 2.24) is 4.90 Å². The number of carbonyl (C=O) groups is 3. The molecule has 2 fully saturated rings. The zero-order valence-electron chi connectivity index (χ0n) is 31.2. The van der Waals surface area contributed by atoms with Crippen LogP contribution in [0.3, 0.4) is 0 Å². The third-order valence-corrected chi connectivity index (χ3v) is 12.3. The normalized spacial score (nSPS) is 24.9. The van der Waals surface area contributed by atoms with Gasteiger partial charge in [-0.05, 0) is 64.4 Å². The number of aliphatic hydroxyl groups excluding tert-OH is 1. The van der Waals surface area contributed by atoms with Crippen molar-refractivity contribution in [3.05, 3.63) is 125 Å². The van der Waals surface area contributed by atoms with Crippen LogP contribution >= 0.6 is 0 Å². The number of aliphatic hydroxyl groups is 1. The van der Waals surface area contributed by atoms with Crippen LogP contribution in [0.25, 0.3) is 0 Å². The molecule has 0 unspecified atom stereocenters. The van der Waals surface area contributed by atoms with Crippen LogP contribution in [0.15, 0.2) is 97.1 Å². The predicted molar refractivity (Wildman–Crippen MR) is 204 cm³/mol. The van der Waals surface area contributed by atoms with Gasteiger partial charge in [-0.15, -0.1) is 0 Å². The van der Waals surface area contributed by atoms with E-state index in [-0.39, 0.29) is 55.4 Å². The summed E-state index contributed by atoms with van der Waals surface area (Å²) >= 11 is 0. The molecule has 0 bridgehead atoms. The lowest BCUT2D eigenvalue weighted by atomic mass is 9.63. The molecule has 8 rings (SSSR count). The maximum absolute atomic E-state index is 15.2. The fraction of sp³-hybridized carbons (Fsp3) is 0.386. The van der Waals surface area contributed by atoms with Gasteiger partial charge in [-0.25, -0.2) is 4.79 Å². The fourth-order valence-electron chi connectivity index (χ4n) is 9.59. The summed E-state index contributed by atoms with van der Waals surface area (Å²) < 4.78 is 17.9. The van der Waals surface area contributed by atoms with Crippen LogP contribution in [0.4, 0.5) is 16.2 Å². The smallest absolute Gasteiger partial charge is 0.414 e. The van der Waals surface area contributed by atoms with Gasteiger partial charge in [0.15, 0.2) is 5.60 Å². The summed E-state index contributed by atoms with van der Waals surface area (Å²) in [5.74, 6) is -0.141. The highest BCUT2D eigenvalue weighted by molar-refractivity contribution is 6.07. The molecule has 4 heterocycles. The maximum atomic E-state index is 15.2. The van der Waals surface area contributed by atoms with Gasteiger partial charge in [-0.2, -0.15) is 0 Å². The second kappa shape index (κ2) is 13.9. The summed E-state index contributed by atoms with van der Waals surface area (Å²) in [6.07, 6.45) is -0.376. The van der Waals surface area contributed by atoms with Crippen LogP contribution in [0, 0.1) is 11.8 Å². The number of cyclic esters (lactones) is 1. The molecular weight excluding hydrogens is 682 g/mol. The molecule has 0 saturated carbocycles. The third-order valence-electron chi connectivity index (χ3n) is 12.3. The molecule has 0 aromatic heterocycles. The zero-order chi connectivity index (χ0) is 37.8. The van der Waals surface area contributed by atoms with Gasteiger partial charge in [-0.1, -0.05) is 87.5 Å². The van der Waals surface area contributed by atoms with E-state index >= 15 is 4.79 Å². The number of para-hydroxylation sites is 1. The molecule has 0 aliphatic carbocycles. The quantitative estimate of drug-likeness (QED) is 0.214. The van der Waals surface area contributed by atoms with Crippen molar-refractivity contribution in [2.75, 3.05) is 36.7 Å². The number of benzene rings is 4. The highest BCUT2D eigenvalue weighted by Gasteiger charge is 2.66. The van der Waals surface area contributed by atoms with E-state index < -0.39 is 17.1 Å². The number of hydrogen-bond acceptors (Lipinski definition) is 7. The average molecular weight is 730 g/mol. The van der Waals surface area contributed by atoms with Gasteiger partial charge >= 0.3 is 6.09 Å². The summed E-state index contributed by atoms with van der Waals surface area (Å²) in [6, 6.07) is 31.2. The van der Waals surface area contributed by atoms with Crippen molar-refractivity contribution in [1.29, 1.82) is 0 Å². The van der Waals surface area contributed by atoms with Crippen LogP contribution < -0.4 is 14.5 Å². The second-order valence-corrected chi connectivity index (χ2v) is 15.5. The molecule has 5 atom stereocenters. The second-order valence-electron chi connectivity index (χ2n) is 15.5. The molecule has 280 valence electrons. The molecule has 10 heteroatoms. The van der Waals surface area contributed by atoms with E-state index in [0.29, 0.717) is 26.1 Å². The van der Waals surface area contributed by atoms with Crippen molar-refractivity contribution >= 4 is 29.3 Å². The van der Waals surface area contributed by atoms with Crippen molar-refractivity contribution < 1.29 is 33.7 Å². The first kappa shape index (κ1) is 35.8. The Morgan fingerprint density at radius 3 is 2.43 bits per heavy atom. The highest BCUT2D eigenvalue weighted by atomic mass is 16.6. The van der Waals surface area contributed by atoms with Gasteiger partial charge in [0.1, 0.15) is 12.4 Å². The van der Waals surface area contributed by atoms with Gasteiger partial charge < -0.3 is 29.1 Å². The fourth-order valence-corrected chi connectivity index (χ4v) is 9.59. The molecule has 0 radical (unpaired) electrons. The van der Waals surface area contributed by atoms with Gasteiger partial charge in [-0.3, -0.25) is 14.5 Å². The first-order chi connectivity index (χ1) is 26.1. The van der Waals surface area contributed by atoms with Crippen molar-refractivity contribution in [3.8, 4) is 5.75 Å². The number of anilines is 2. The largest absolute Gasteiger partial charge is 0.497 e. The first-order valence-electron chi connectivity index (χ1n) is 18.8. The molecule has 1 N–H and O–H groups in total. The number of amides is 3. The van der Waals surface area contributed by atoms with E-state index in [4.69, 9.17) is 14.2 Å². The number of ether oxygens (including phenoxy) is 3. The van der Waals surface area contributed by atoms with Crippen molar-refractivity contribution in [2.45, 2.75) is 69.9 Å². The van der Waals surface area contributed by atoms with Crippen molar-refractivity contribution in [3.63, 3.8) is 0 Å². The van der Waals surface area contributed by atoms with E-state index in [2.05, 4.69) is 39.0 Å². The molecular formula is C44H47N3O7. The molecule has 2 saturated heterocycles. The Morgan fingerprint density at radius 2 is 1.70 bits per heavy atom. The van der Waals surface area contributed by atoms with Crippen LogP contribution in [0.5, 0.6) is 5.75 Å². The van der Waals surface area contributed by atoms with Gasteiger partial charge in [0, 0.05) is 29.6 Å². The van der Waals surface area contributed by atoms with E-state index in [0.717, 1.165) is 44.9 Å². The number of hydrogen-bond donors (Lipinski definition) is 1. The minimum Gasteiger partial charge on any atom is -0.497 e. The lowest BCUT2D eigenvalue weighted by Gasteiger charge is -2.40. The summed E-state index contributed by atoms with van der Waals surface area (Å²) in [4.78, 5) is 47.3. The van der Waals surface area contributed by atoms with Gasteiger partial charge in [0.25, 0.3) is 5.91 Å². The predicted octanol–water partition coefficient (Wildman–Crippen LogP) is 6.36. The highest BCUT2D eigenvalue weighted by Crippen LogP contribution is 2.60. The van der Waals surface area contributed by atoms with Crippen LogP contribution in [0.2, 0.25) is 0 Å². The van der Waals surface area contributed by atoms with Crippen LogP contribution in [0.1, 0.15) is 55.0 Å². The molecule has 4 aliphatic heterocycles. The minimum absolute atomic E-state index is 0.0540. The van der Waals surface area contributed by atoms with Crippen molar-refractivity contribution in [2.24, 2.45) is 11.8 Å². The number of methoxy groups -OCH3 is 1. The topological polar surface area (TPSA) is 109 Å². The molecule has 4 aromatic carbocycles. The Morgan fingerprint density at radius 1 is 0.963 bits per heavy atom. The number of fused-ring (bicyclic) bond motifs is 3. The number of carbonyl (C=O) groups excluding carboxylic acids is 3. The minimum atomic E-state index is -1.35. The Labute approximate surface area is 316 Å².